The van der Waals surface area contributed by atoms with Crippen LogP contribution < -0.4 is 0 Å². The number of aliphatic hydroxyl groups excluding tert-OH is 1. The fourth-order valence-electron chi connectivity index (χ4n) is 4.17. The zero-order chi connectivity index (χ0) is 22.5. The van der Waals surface area contributed by atoms with E-state index in [1.807, 2.05) is 24.3 Å². The number of rotatable bonds is 7. The van der Waals surface area contributed by atoms with Crippen molar-refractivity contribution in [1.82, 2.24) is 4.98 Å². The van der Waals surface area contributed by atoms with Crippen LogP contribution in [0.2, 0.25) is 0 Å². The van der Waals surface area contributed by atoms with Crippen LogP contribution in [0.5, 0.6) is 0 Å². The number of hydrogen-bond donors (Lipinski definition) is 1. The minimum atomic E-state index is -0.481. The van der Waals surface area contributed by atoms with Crippen LogP contribution in [0.15, 0.2) is 78.9 Å². The van der Waals surface area contributed by atoms with Gasteiger partial charge >= 0.3 is 0 Å². The number of benzene rings is 3. The van der Waals surface area contributed by atoms with E-state index in [2.05, 4.69) is 87.5 Å². The summed E-state index contributed by atoms with van der Waals surface area (Å²) in [5.74, 6) is 0.490. The Labute approximate surface area is 191 Å². The van der Waals surface area contributed by atoms with Gasteiger partial charge in [0.2, 0.25) is 0 Å². The fraction of sp³-hybridized carbons (Fsp3) is 0.233. The Bertz CT molecular complexity index is 1240. The van der Waals surface area contributed by atoms with Crippen molar-refractivity contribution in [2.45, 2.75) is 45.6 Å². The van der Waals surface area contributed by atoms with Crippen LogP contribution in [0.25, 0.3) is 23.1 Å². The molecule has 1 aromatic heterocycles. The molecule has 0 aliphatic carbocycles. The zero-order valence-electron chi connectivity index (χ0n) is 19.1. The largest absolute Gasteiger partial charge is 0.388 e. The number of aromatic nitrogens is 1. The second-order valence-electron chi connectivity index (χ2n) is 8.84. The number of nitrogens with zero attached hydrogens (tertiary/aromatic N) is 1. The van der Waals surface area contributed by atoms with E-state index in [9.17, 15) is 5.11 Å². The summed E-state index contributed by atoms with van der Waals surface area (Å²) < 4.78 is 0. The van der Waals surface area contributed by atoms with Gasteiger partial charge in [0.15, 0.2) is 0 Å². The first-order valence-electron chi connectivity index (χ1n) is 11.4. The van der Waals surface area contributed by atoms with Gasteiger partial charge in [0.05, 0.1) is 17.3 Å². The predicted octanol–water partition coefficient (Wildman–Crippen LogP) is 7.50. The topological polar surface area (TPSA) is 33.1 Å². The molecular weight excluding hydrogens is 390 g/mol. The summed E-state index contributed by atoms with van der Waals surface area (Å²) in [5.41, 5.74) is 7.87. The molecule has 2 heteroatoms. The van der Waals surface area contributed by atoms with Gasteiger partial charge in [0.25, 0.3) is 0 Å². The van der Waals surface area contributed by atoms with Crippen molar-refractivity contribution >= 4 is 23.1 Å². The summed E-state index contributed by atoms with van der Waals surface area (Å²) in [7, 11) is 0. The minimum absolute atomic E-state index is 0.481. The van der Waals surface area contributed by atoms with Gasteiger partial charge in [-0.05, 0) is 77.8 Å². The molecule has 1 heterocycles. The molecule has 4 aromatic rings. The van der Waals surface area contributed by atoms with Crippen LogP contribution >= 0.6 is 0 Å². The lowest BCUT2D eigenvalue weighted by atomic mass is 9.92. The number of fused-ring (bicyclic) bond motifs is 1. The maximum absolute atomic E-state index is 10.8. The Hall–Kier alpha value is -3.23. The maximum Gasteiger partial charge on any atom is 0.0793 e. The van der Waals surface area contributed by atoms with Crippen LogP contribution in [-0.4, -0.2) is 10.1 Å². The molecular formula is C30H31NO. The van der Waals surface area contributed by atoms with E-state index in [0.29, 0.717) is 12.3 Å². The molecule has 0 radical (unpaired) electrons. The molecule has 0 saturated heterocycles. The molecule has 0 spiro atoms. The van der Waals surface area contributed by atoms with Gasteiger partial charge < -0.3 is 5.11 Å². The monoisotopic (exact) mass is 421 g/mol. The highest BCUT2D eigenvalue weighted by Crippen LogP contribution is 2.25. The normalized spacial score (nSPS) is 12.7. The SMILES string of the molecule is Cc1ccc2ccc(/C=C/c3cccc([C@@H](O)CCc4ccccc4C(C)C)c3)nc2c1. The standard InChI is InChI=1S/C30H31NO/c1-21(2)28-10-5-4-8-24(28)15-18-30(32)26-9-6-7-23(20-26)12-16-27-17-14-25-13-11-22(3)19-29(25)31-27/h4-14,16-17,19-21,30,32H,15,18H2,1-3H3/b16-12+/t30-/m0/s1. The third-order valence-electron chi connectivity index (χ3n) is 5.98. The van der Waals surface area contributed by atoms with Crippen LogP contribution in [0.4, 0.5) is 0 Å². The van der Waals surface area contributed by atoms with Gasteiger partial charge in [-0.1, -0.05) is 80.6 Å². The second kappa shape index (κ2) is 9.93. The summed E-state index contributed by atoms with van der Waals surface area (Å²) in [6.07, 6.45) is 5.20. The lowest BCUT2D eigenvalue weighted by molar-refractivity contribution is 0.167. The van der Waals surface area contributed by atoms with Crippen molar-refractivity contribution in [3.63, 3.8) is 0 Å². The van der Waals surface area contributed by atoms with Crippen molar-refractivity contribution in [1.29, 1.82) is 0 Å². The highest BCUT2D eigenvalue weighted by molar-refractivity contribution is 5.81. The average molecular weight is 422 g/mol. The number of aliphatic hydroxyl groups is 1. The van der Waals surface area contributed by atoms with Gasteiger partial charge in [-0.3, -0.25) is 0 Å². The average Bonchev–Trinajstić information content (AvgIpc) is 2.81. The maximum atomic E-state index is 10.8. The first-order valence-corrected chi connectivity index (χ1v) is 11.4. The molecule has 1 atom stereocenters. The van der Waals surface area contributed by atoms with Crippen molar-refractivity contribution in [3.05, 3.63) is 112 Å². The Balaban J connectivity index is 1.46. The molecule has 3 aromatic carbocycles. The summed E-state index contributed by atoms with van der Waals surface area (Å²) in [4.78, 5) is 4.76. The van der Waals surface area contributed by atoms with E-state index in [1.54, 1.807) is 0 Å². The van der Waals surface area contributed by atoms with E-state index in [0.717, 1.165) is 34.1 Å². The molecule has 0 unspecified atom stereocenters. The first kappa shape index (κ1) is 22.0. The Kier molecular flexibility index (Phi) is 6.82. The van der Waals surface area contributed by atoms with E-state index >= 15 is 0 Å². The fourth-order valence-corrected chi connectivity index (χ4v) is 4.17. The Morgan fingerprint density at radius 2 is 1.69 bits per heavy atom. The van der Waals surface area contributed by atoms with Crippen molar-refractivity contribution in [2.75, 3.05) is 0 Å². The molecule has 0 fully saturated rings. The van der Waals surface area contributed by atoms with Crippen LogP contribution in [0.1, 0.15) is 65.8 Å². The van der Waals surface area contributed by atoms with E-state index < -0.39 is 6.10 Å². The highest BCUT2D eigenvalue weighted by Gasteiger charge is 2.11. The van der Waals surface area contributed by atoms with Gasteiger partial charge in [-0.15, -0.1) is 0 Å². The van der Waals surface area contributed by atoms with Crippen LogP contribution in [0.3, 0.4) is 0 Å². The van der Waals surface area contributed by atoms with Crippen molar-refractivity contribution in [2.24, 2.45) is 0 Å². The zero-order valence-corrected chi connectivity index (χ0v) is 19.1. The molecule has 4 rings (SSSR count). The quantitative estimate of drug-likeness (QED) is 0.335. The number of aryl methyl sites for hydroxylation is 2. The lowest BCUT2D eigenvalue weighted by Crippen LogP contribution is -2.02. The highest BCUT2D eigenvalue weighted by atomic mass is 16.3. The molecule has 32 heavy (non-hydrogen) atoms. The van der Waals surface area contributed by atoms with Crippen LogP contribution in [-0.2, 0) is 6.42 Å². The van der Waals surface area contributed by atoms with E-state index in [1.165, 1.54) is 16.7 Å². The second-order valence-corrected chi connectivity index (χ2v) is 8.84. The van der Waals surface area contributed by atoms with Crippen LogP contribution in [0, 0.1) is 6.92 Å². The van der Waals surface area contributed by atoms with Crippen molar-refractivity contribution in [3.8, 4) is 0 Å². The smallest absolute Gasteiger partial charge is 0.0793 e. The Morgan fingerprint density at radius 3 is 2.53 bits per heavy atom. The minimum Gasteiger partial charge on any atom is -0.388 e. The van der Waals surface area contributed by atoms with Gasteiger partial charge in [0, 0.05) is 5.39 Å². The molecule has 162 valence electrons. The Morgan fingerprint density at radius 1 is 0.875 bits per heavy atom. The molecule has 0 amide bonds. The molecule has 0 aliphatic rings. The molecule has 0 saturated carbocycles. The van der Waals surface area contributed by atoms with Gasteiger partial charge in [0.1, 0.15) is 0 Å². The summed E-state index contributed by atoms with van der Waals surface area (Å²) in [5, 5.41) is 12.0. The summed E-state index contributed by atoms with van der Waals surface area (Å²) >= 11 is 0. The number of pyridine rings is 1. The first-order chi connectivity index (χ1) is 15.5. The van der Waals surface area contributed by atoms with E-state index in [4.69, 9.17) is 4.98 Å². The van der Waals surface area contributed by atoms with Gasteiger partial charge in [-0.2, -0.15) is 0 Å². The lowest BCUT2D eigenvalue weighted by Gasteiger charge is -2.15. The predicted molar refractivity (Wildman–Crippen MR) is 136 cm³/mol. The third kappa shape index (κ3) is 5.33. The van der Waals surface area contributed by atoms with Gasteiger partial charge in [-0.25, -0.2) is 4.98 Å². The molecule has 0 aliphatic heterocycles. The van der Waals surface area contributed by atoms with Crippen molar-refractivity contribution < 1.29 is 5.11 Å². The summed E-state index contributed by atoms with van der Waals surface area (Å²) in [6, 6.07) is 27.2. The molecule has 0 bridgehead atoms. The van der Waals surface area contributed by atoms with E-state index in [-0.39, 0.29) is 0 Å². The molecule has 2 nitrogen and oxygen atoms in total. The molecule has 1 N–H and O–H groups in total. The number of hydrogen-bond acceptors (Lipinski definition) is 2. The summed E-state index contributed by atoms with van der Waals surface area (Å²) in [6.45, 7) is 6.52. The third-order valence-corrected chi connectivity index (χ3v) is 5.98.